The highest BCUT2D eigenvalue weighted by molar-refractivity contribution is 6.30. The number of imidazole rings is 1. The van der Waals surface area contributed by atoms with Crippen LogP contribution in [0.4, 0.5) is 0 Å². The maximum Gasteiger partial charge on any atom is 0.314 e. The van der Waals surface area contributed by atoms with Crippen LogP contribution in [0.3, 0.4) is 0 Å². The van der Waals surface area contributed by atoms with Gasteiger partial charge in [0, 0.05) is 12.1 Å². The van der Waals surface area contributed by atoms with Gasteiger partial charge in [-0.2, -0.15) is 0 Å². The fourth-order valence-corrected chi connectivity index (χ4v) is 3.27. The van der Waals surface area contributed by atoms with Crippen LogP contribution in [0.2, 0.25) is 5.15 Å². The zero-order valence-electron chi connectivity index (χ0n) is 12.1. The molecule has 0 saturated heterocycles. The van der Waals surface area contributed by atoms with Crippen molar-refractivity contribution >= 4 is 17.6 Å². The van der Waals surface area contributed by atoms with E-state index in [1.807, 2.05) is 25.1 Å². The molecule has 4 nitrogen and oxygen atoms in total. The third kappa shape index (κ3) is 2.44. The van der Waals surface area contributed by atoms with E-state index >= 15 is 0 Å². The molecule has 1 aliphatic rings. The minimum absolute atomic E-state index is 0.242. The van der Waals surface area contributed by atoms with Crippen molar-refractivity contribution < 1.29 is 9.53 Å². The average molecular weight is 305 g/mol. The Balaban J connectivity index is 2.12. The van der Waals surface area contributed by atoms with E-state index in [0.717, 1.165) is 36.5 Å². The van der Waals surface area contributed by atoms with Crippen molar-refractivity contribution in [2.45, 2.75) is 32.2 Å². The van der Waals surface area contributed by atoms with E-state index in [-0.39, 0.29) is 11.9 Å². The second-order valence-corrected chi connectivity index (χ2v) is 5.71. The highest BCUT2D eigenvalue weighted by Crippen LogP contribution is 2.37. The molecule has 0 spiro atoms. The number of rotatable bonds is 2. The summed E-state index contributed by atoms with van der Waals surface area (Å²) in [6, 6.07) is 8.14. The molecule has 1 aliphatic heterocycles. The number of carbonyl (C=O) groups excluding carboxylic acids is 1. The lowest BCUT2D eigenvalue weighted by molar-refractivity contribution is -0.143. The molecule has 5 heteroatoms. The molecule has 0 N–H and O–H groups in total. The van der Waals surface area contributed by atoms with E-state index in [0.29, 0.717) is 5.15 Å². The monoisotopic (exact) mass is 304 g/mol. The molecule has 0 bridgehead atoms. The number of ether oxygens (including phenoxy) is 1. The summed E-state index contributed by atoms with van der Waals surface area (Å²) in [5.41, 5.74) is 2.97. The Morgan fingerprint density at radius 1 is 1.48 bits per heavy atom. The number of esters is 1. The molecular weight excluding hydrogens is 288 g/mol. The average Bonchev–Trinajstić information content (AvgIpc) is 2.84. The molecule has 0 radical (unpaired) electrons. The van der Waals surface area contributed by atoms with Crippen molar-refractivity contribution in [2.75, 3.05) is 7.11 Å². The first kappa shape index (κ1) is 14.1. The normalized spacial score (nSPS) is 17.4. The van der Waals surface area contributed by atoms with Crippen LogP contribution in [-0.2, 0) is 16.1 Å². The van der Waals surface area contributed by atoms with Crippen LogP contribution in [-0.4, -0.2) is 22.6 Å². The van der Waals surface area contributed by atoms with Gasteiger partial charge in [-0.15, -0.1) is 0 Å². The minimum atomic E-state index is -0.317. The molecule has 21 heavy (non-hydrogen) atoms. The molecule has 110 valence electrons. The number of aromatic nitrogens is 2. The number of aryl methyl sites for hydroxylation is 1. The van der Waals surface area contributed by atoms with E-state index in [4.69, 9.17) is 16.3 Å². The van der Waals surface area contributed by atoms with Crippen molar-refractivity contribution in [3.63, 3.8) is 0 Å². The number of methoxy groups -OCH3 is 1. The zero-order valence-corrected chi connectivity index (χ0v) is 12.9. The first-order chi connectivity index (χ1) is 10.1. The van der Waals surface area contributed by atoms with Gasteiger partial charge in [-0.25, -0.2) is 4.98 Å². The molecule has 1 unspecified atom stereocenters. The first-order valence-electron chi connectivity index (χ1n) is 7.02. The molecule has 1 aromatic carbocycles. The second kappa shape index (κ2) is 5.53. The van der Waals surface area contributed by atoms with Gasteiger partial charge in [0.2, 0.25) is 0 Å². The molecule has 1 aromatic heterocycles. The van der Waals surface area contributed by atoms with Gasteiger partial charge in [-0.1, -0.05) is 35.4 Å². The third-order valence-electron chi connectivity index (χ3n) is 3.93. The molecule has 0 saturated carbocycles. The van der Waals surface area contributed by atoms with Gasteiger partial charge in [-0.3, -0.25) is 4.79 Å². The van der Waals surface area contributed by atoms with E-state index in [2.05, 4.69) is 15.6 Å². The summed E-state index contributed by atoms with van der Waals surface area (Å²) >= 11 is 6.31. The lowest BCUT2D eigenvalue weighted by Crippen LogP contribution is -2.23. The zero-order chi connectivity index (χ0) is 15.0. The van der Waals surface area contributed by atoms with Crippen molar-refractivity contribution in [3.8, 4) is 11.4 Å². The topological polar surface area (TPSA) is 44.1 Å². The van der Waals surface area contributed by atoms with Crippen LogP contribution in [0, 0.1) is 6.92 Å². The Bertz CT molecular complexity index is 694. The van der Waals surface area contributed by atoms with Gasteiger partial charge in [-0.05, 0) is 25.8 Å². The third-order valence-corrected chi connectivity index (χ3v) is 4.21. The van der Waals surface area contributed by atoms with Gasteiger partial charge in [0.1, 0.15) is 11.7 Å². The van der Waals surface area contributed by atoms with Crippen molar-refractivity contribution in [2.24, 2.45) is 0 Å². The van der Waals surface area contributed by atoms with Gasteiger partial charge in [0.25, 0.3) is 0 Å². The van der Waals surface area contributed by atoms with Crippen LogP contribution >= 0.6 is 11.6 Å². The SMILES string of the molecule is COC(=O)C1CCCn2c(-c3cccc(C)c3)nc(Cl)c21. The minimum Gasteiger partial charge on any atom is -0.469 e. The number of carbonyl (C=O) groups is 1. The predicted molar refractivity (Wildman–Crippen MR) is 81.4 cm³/mol. The van der Waals surface area contributed by atoms with E-state index in [9.17, 15) is 4.79 Å². The highest BCUT2D eigenvalue weighted by atomic mass is 35.5. The summed E-state index contributed by atoms with van der Waals surface area (Å²) in [5.74, 6) is 0.267. The number of nitrogens with zero attached hydrogens (tertiary/aromatic N) is 2. The number of hydrogen-bond donors (Lipinski definition) is 0. The molecule has 3 rings (SSSR count). The van der Waals surface area contributed by atoms with Crippen LogP contribution in [0.15, 0.2) is 24.3 Å². The molecule has 2 heterocycles. The Morgan fingerprint density at radius 2 is 2.29 bits per heavy atom. The molecule has 0 aliphatic carbocycles. The summed E-state index contributed by atoms with van der Waals surface area (Å²) in [5, 5.41) is 0.404. The van der Waals surface area contributed by atoms with E-state index in [1.165, 1.54) is 12.7 Å². The van der Waals surface area contributed by atoms with E-state index < -0.39 is 0 Å². The molecular formula is C16H17ClN2O2. The number of fused-ring (bicyclic) bond motifs is 1. The van der Waals surface area contributed by atoms with Crippen molar-refractivity contribution in [3.05, 3.63) is 40.7 Å². The van der Waals surface area contributed by atoms with Gasteiger partial charge < -0.3 is 9.30 Å². The fourth-order valence-electron chi connectivity index (χ4n) is 2.96. The fraction of sp³-hybridized carbons (Fsp3) is 0.375. The summed E-state index contributed by atoms with van der Waals surface area (Å²) in [6.07, 6.45) is 1.67. The van der Waals surface area contributed by atoms with E-state index in [1.54, 1.807) is 0 Å². The molecule has 1 atom stereocenters. The Kier molecular flexibility index (Phi) is 3.72. The molecule has 2 aromatic rings. The summed E-state index contributed by atoms with van der Waals surface area (Å²) in [6.45, 7) is 2.87. The molecule has 0 fully saturated rings. The maximum absolute atomic E-state index is 12.0. The molecule has 0 amide bonds. The smallest absolute Gasteiger partial charge is 0.314 e. The summed E-state index contributed by atoms with van der Waals surface area (Å²) in [7, 11) is 1.41. The Labute approximate surface area is 128 Å². The van der Waals surface area contributed by atoms with Gasteiger partial charge in [0.05, 0.1) is 12.8 Å². The maximum atomic E-state index is 12.0. The Hall–Kier alpha value is -1.81. The number of halogens is 1. The van der Waals surface area contributed by atoms with Crippen LogP contribution in [0.5, 0.6) is 0 Å². The van der Waals surface area contributed by atoms with Gasteiger partial charge in [0.15, 0.2) is 5.15 Å². The summed E-state index contributed by atoms with van der Waals surface area (Å²) in [4.78, 5) is 16.5. The van der Waals surface area contributed by atoms with Crippen LogP contribution in [0.1, 0.15) is 30.0 Å². The number of hydrogen-bond acceptors (Lipinski definition) is 3. The highest BCUT2D eigenvalue weighted by Gasteiger charge is 2.33. The standard InChI is InChI=1S/C16H17ClN2O2/c1-10-5-3-6-11(9-10)15-18-14(17)13-12(16(20)21-2)7-4-8-19(13)15/h3,5-6,9,12H,4,7-8H2,1-2H3. The lowest BCUT2D eigenvalue weighted by Gasteiger charge is -2.23. The van der Waals surface area contributed by atoms with Crippen molar-refractivity contribution in [1.82, 2.24) is 9.55 Å². The van der Waals surface area contributed by atoms with Gasteiger partial charge >= 0.3 is 5.97 Å². The number of benzene rings is 1. The van der Waals surface area contributed by atoms with Crippen molar-refractivity contribution in [1.29, 1.82) is 0 Å². The first-order valence-corrected chi connectivity index (χ1v) is 7.40. The quantitative estimate of drug-likeness (QED) is 0.797. The predicted octanol–water partition coefficient (Wildman–Crippen LogP) is 3.56. The Morgan fingerprint density at radius 3 is 3.00 bits per heavy atom. The van der Waals surface area contributed by atoms with Crippen LogP contribution < -0.4 is 0 Å². The lowest BCUT2D eigenvalue weighted by atomic mass is 9.96. The van der Waals surface area contributed by atoms with Crippen LogP contribution in [0.25, 0.3) is 11.4 Å². The largest absolute Gasteiger partial charge is 0.469 e. The second-order valence-electron chi connectivity index (χ2n) is 5.35. The summed E-state index contributed by atoms with van der Waals surface area (Å²) < 4.78 is 6.95.